The number of aromatic nitrogens is 2. The summed E-state index contributed by atoms with van der Waals surface area (Å²) in [4.78, 5) is 0. The first-order valence-corrected chi connectivity index (χ1v) is 4.73. The third-order valence-electron chi connectivity index (χ3n) is 2.00. The molecule has 2 nitrogen and oxygen atoms in total. The minimum Gasteiger partial charge on any atom is -0.297 e. The van der Waals surface area contributed by atoms with E-state index in [1.807, 2.05) is 0 Å². The number of nitrogens with zero attached hydrogens (tertiary/aromatic N) is 1. The molecule has 1 aromatic carbocycles. The zero-order chi connectivity index (χ0) is 11.0. The maximum atomic E-state index is 13.4. The van der Waals surface area contributed by atoms with Gasteiger partial charge in [-0.15, -0.1) is 0 Å². The average molecular weight is 226 g/mol. The summed E-state index contributed by atoms with van der Waals surface area (Å²) in [7, 11) is 0. The van der Waals surface area contributed by atoms with E-state index in [1.165, 1.54) is 4.68 Å². The Bertz CT molecular complexity index is 557. The Balaban J connectivity index is 2.68. The monoisotopic (exact) mass is 226 g/mol. The van der Waals surface area contributed by atoms with Crippen molar-refractivity contribution in [1.82, 2.24) is 9.78 Å². The maximum Gasteiger partial charge on any atom is 0.149 e. The molecule has 0 radical (unpaired) electrons. The number of halogens is 2. The summed E-state index contributed by atoms with van der Waals surface area (Å²) in [6.07, 6.45) is 0. The fraction of sp³-hybridized carbons (Fsp3) is 0.100. The quantitative estimate of drug-likeness (QED) is 0.741. The van der Waals surface area contributed by atoms with Gasteiger partial charge in [-0.2, -0.15) is 0 Å². The molecule has 1 heterocycles. The van der Waals surface area contributed by atoms with Crippen molar-refractivity contribution in [2.24, 2.45) is 0 Å². The number of rotatable bonds is 1. The van der Waals surface area contributed by atoms with Crippen LogP contribution in [0.25, 0.3) is 5.69 Å². The van der Waals surface area contributed by atoms with Crippen LogP contribution in [0.5, 0.6) is 0 Å². The summed E-state index contributed by atoms with van der Waals surface area (Å²) < 4.78 is 28.1. The Morgan fingerprint density at radius 2 is 2.00 bits per heavy atom. The van der Waals surface area contributed by atoms with Gasteiger partial charge in [-0.1, -0.05) is 12.2 Å². The molecule has 0 amide bonds. The van der Waals surface area contributed by atoms with E-state index in [2.05, 4.69) is 5.10 Å². The molecule has 0 aliphatic rings. The summed E-state index contributed by atoms with van der Waals surface area (Å²) in [5.41, 5.74) is 0.886. The summed E-state index contributed by atoms with van der Waals surface area (Å²) >= 11 is 5.00. The number of hydrogen-bond donors (Lipinski definition) is 1. The molecule has 5 heteroatoms. The summed E-state index contributed by atoms with van der Waals surface area (Å²) in [5.74, 6) is -1.02. The van der Waals surface area contributed by atoms with Crippen molar-refractivity contribution >= 4 is 12.2 Å². The highest BCUT2D eigenvalue weighted by Gasteiger charge is 2.07. The van der Waals surface area contributed by atoms with Crippen LogP contribution in [0.3, 0.4) is 0 Å². The molecule has 2 rings (SSSR count). The van der Waals surface area contributed by atoms with Crippen LogP contribution in [0.4, 0.5) is 8.78 Å². The second-order valence-electron chi connectivity index (χ2n) is 3.21. The highest BCUT2D eigenvalue weighted by molar-refractivity contribution is 7.71. The molecule has 1 aromatic heterocycles. The molecule has 0 spiro atoms. The van der Waals surface area contributed by atoms with E-state index in [-0.39, 0.29) is 5.69 Å². The van der Waals surface area contributed by atoms with Crippen molar-refractivity contribution in [3.63, 3.8) is 0 Å². The second-order valence-corrected chi connectivity index (χ2v) is 3.63. The lowest BCUT2D eigenvalue weighted by Crippen LogP contribution is -2.00. The lowest BCUT2D eigenvalue weighted by atomic mass is 10.3. The molecule has 0 fully saturated rings. The number of aromatic amines is 1. The molecule has 0 bridgehead atoms. The zero-order valence-corrected chi connectivity index (χ0v) is 8.74. The molecule has 1 N–H and O–H groups in total. The van der Waals surface area contributed by atoms with Gasteiger partial charge in [0.15, 0.2) is 0 Å². The third-order valence-corrected chi connectivity index (χ3v) is 2.30. The Morgan fingerprint density at radius 3 is 2.60 bits per heavy atom. The van der Waals surface area contributed by atoms with Crippen molar-refractivity contribution < 1.29 is 8.78 Å². The molecule has 0 aliphatic carbocycles. The number of nitrogens with one attached hydrogen (secondary N) is 1. The van der Waals surface area contributed by atoms with E-state index in [9.17, 15) is 8.78 Å². The van der Waals surface area contributed by atoms with Gasteiger partial charge in [0.2, 0.25) is 0 Å². The Kier molecular flexibility index (Phi) is 2.40. The van der Waals surface area contributed by atoms with Crippen LogP contribution in [0.2, 0.25) is 0 Å². The first-order chi connectivity index (χ1) is 7.08. The van der Waals surface area contributed by atoms with Crippen molar-refractivity contribution in [2.75, 3.05) is 0 Å². The molecule has 0 saturated carbocycles. The van der Waals surface area contributed by atoms with Crippen molar-refractivity contribution in [1.29, 1.82) is 0 Å². The third kappa shape index (κ3) is 1.83. The van der Waals surface area contributed by atoms with Crippen molar-refractivity contribution in [2.45, 2.75) is 6.92 Å². The van der Waals surface area contributed by atoms with E-state index in [0.717, 1.165) is 23.9 Å². The molecule has 15 heavy (non-hydrogen) atoms. The van der Waals surface area contributed by atoms with Crippen LogP contribution >= 0.6 is 12.2 Å². The molecule has 0 atom stereocenters. The normalized spacial score (nSPS) is 10.6. The van der Waals surface area contributed by atoms with Gasteiger partial charge in [0.05, 0.1) is 0 Å². The lowest BCUT2D eigenvalue weighted by Gasteiger charge is -2.04. The standard InChI is InChI=1S/C10H8F2N2S/c1-6-4-10(15)14(13-6)9-5-7(11)2-3-8(9)12/h2-5,13H,1H3. The van der Waals surface area contributed by atoms with Gasteiger partial charge < -0.3 is 0 Å². The first-order valence-electron chi connectivity index (χ1n) is 4.32. The smallest absolute Gasteiger partial charge is 0.149 e. The molecule has 2 aromatic rings. The van der Waals surface area contributed by atoms with Gasteiger partial charge >= 0.3 is 0 Å². The topological polar surface area (TPSA) is 20.7 Å². The maximum absolute atomic E-state index is 13.4. The van der Waals surface area contributed by atoms with Gasteiger partial charge in [-0.25, -0.2) is 13.5 Å². The number of aryl methyl sites for hydroxylation is 1. The number of hydrogen-bond acceptors (Lipinski definition) is 1. The van der Waals surface area contributed by atoms with Gasteiger partial charge in [-0.3, -0.25) is 5.10 Å². The van der Waals surface area contributed by atoms with Crippen LogP contribution in [-0.4, -0.2) is 9.78 Å². The fourth-order valence-corrected chi connectivity index (χ4v) is 1.67. The van der Waals surface area contributed by atoms with Gasteiger partial charge in [0, 0.05) is 11.8 Å². The Morgan fingerprint density at radius 1 is 1.27 bits per heavy atom. The fourth-order valence-electron chi connectivity index (χ4n) is 1.35. The number of benzene rings is 1. The molecular formula is C10H8F2N2S. The minimum absolute atomic E-state index is 0.0908. The van der Waals surface area contributed by atoms with E-state index in [1.54, 1.807) is 13.0 Å². The van der Waals surface area contributed by atoms with E-state index in [4.69, 9.17) is 12.2 Å². The van der Waals surface area contributed by atoms with Crippen LogP contribution in [0.1, 0.15) is 5.69 Å². The molecule has 0 aliphatic heterocycles. The van der Waals surface area contributed by atoms with Crippen LogP contribution in [0, 0.1) is 23.2 Å². The van der Waals surface area contributed by atoms with Crippen molar-refractivity contribution in [3.8, 4) is 5.69 Å². The Labute approximate surface area is 90.2 Å². The van der Waals surface area contributed by atoms with Crippen LogP contribution in [-0.2, 0) is 0 Å². The molecule has 78 valence electrons. The van der Waals surface area contributed by atoms with Crippen LogP contribution in [0.15, 0.2) is 24.3 Å². The summed E-state index contributed by atoms with van der Waals surface area (Å²) in [5, 5.41) is 2.83. The molecular weight excluding hydrogens is 218 g/mol. The average Bonchev–Trinajstić information content (AvgIpc) is 2.50. The minimum atomic E-state index is -0.519. The zero-order valence-electron chi connectivity index (χ0n) is 7.92. The predicted octanol–water partition coefficient (Wildman–Crippen LogP) is 3.12. The van der Waals surface area contributed by atoms with E-state index < -0.39 is 11.6 Å². The highest BCUT2D eigenvalue weighted by atomic mass is 32.1. The van der Waals surface area contributed by atoms with Gasteiger partial charge in [0.1, 0.15) is 22.0 Å². The van der Waals surface area contributed by atoms with E-state index in [0.29, 0.717) is 4.64 Å². The summed E-state index contributed by atoms with van der Waals surface area (Å²) in [6.45, 7) is 1.80. The molecule has 0 unspecified atom stereocenters. The van der Waals surface area contributed by atoms with Gasteiger partial charge in [-0.05, 0) is 25.1 Å². The first kappa shape index (κ1) is 10.0. The van der Waals surface area contributed by atoms with Crippen molar-refractivity contribution in [3.05, 3.63) is 46.2 Å². The molecule has 0 saturated heterocycles. The SMILES string of the molecule is Cc1cc(=S)n(-c2cc(F)ccc2F)[nH]1. The predicted molar refractivity (Wildman–Crippen MR) is 55.6 cm³/mol. The Hall–Kier alpha value is -1.49. The highest BCUT2D eigenvalue weighted by Crippen LogP contribution is 2.15. The second kappa shape index (κ2) is 3.58. The van der Waals surface area contributed by atoms with Crippen LogP contribution < -0.4 is 0 Å². The lowest BCUT2D eigenvalue weighted by molar-refractivity contribution is 0.585. The number of H-pyrrole nitrogens is 1. The van der Waals surface area contributed by atoms with E-state index >= 15 is 0 Å². The largest absolute Gasteiger partial charge is 0.297 e. The summed E-state index contributed by atoms with van der Waals surface area (Å²) in [6, 6.07) is 4.92. The van der Waals surface area contributed by atoms with Gasteiger partial charge in [0.25, 0.3) is 0 Å².